The maximum absolute atomic E-state index is 11.7. The highest BCUT2D eigenvalue weighted by molar-refractivity contribution is 6.01. The standard InChI is InChI=1S/C12H6O8/c13-8-4-5-9(14)19-20-12(17)10-6(11(15)16)2-1-3-7(10)18-8/h1-5H,(H,15,16). The minimum atomic E-state index is -1.44. The van der Waals surface area contributed by atoms with Crippen molar-refractivity contribution in [2.24, 2.45) is 0 Å². The molecule has 0 aliphatic carbocycles. The van der Waals surface area contributed by atoms with Gasteiger partial charge < -0.3 is 9.52 Å². The fraction of sp³-hybridized carbons (Fsp3) is 0. The summed E-state index contributed by atoms with van der Waals surface area (Å²) in [5.74, 6) is -1.44. The first-order chi connectivity index (χ1) is 9.49. The van der Waals surface area contributed by atoms with Crippen molar-refractivity contribution < 1.29 is 23.5 Å². The molecule has 102 valence electrons. The summed E-state index contributed by atoms with van der Waals surface area (Å²) in [5.41, 5.74) is -4.13. The zero-order valence-electron chi connectivity index (χ0n) is 9.69. The van der Waals surface area contributed by atoms with E-state index in [9.17, 15) is 19.2 Å². The van der Waals surface area contributed by atoms with Crippen molar-refractivity contribution in [3.05, 3.63) is 67.2 Å². The zero-order chi connectivity index (χ0) is 14.7. The summed E-state index contributed by atoms with van der Waals surface area (Å²) >= 11 is 0. The predicted octanol–water partition coefficient (Wildman–Crippen LogP) is 0.522. The van der Waals surface area contributed by atoms with E-state index >= 15 is 0 Å². The third kappa shape index (κ3) is 2.64. The molecule has 1 aromatic heterocycles. The third-order valence-corrected chi connectivity index (χ3v) is 2.23. The van der Waals surface area contributed by atoms with E-state index in [0.717, 1.165) is 12.1 Å². The van der Waals surface area contributed by atoms with Crippen LogP contribution in [0.25, 0.3) is 11.0 Å². The summed E-state index contributed by atoms with van der Waals surface area (Å²) in [5, 5.41) is 8.46. The largest absolute Gasteiger partial charge is 0.478 e. The Morgan fingerprint density at radius 2 is 1.65 bits per heavy atom. The molecule has 2 rings (SSSR count). The molecule has 0 spiro atoms. The molecule has 0 aliphatic rings. The maximum atomic E-state index is 11.7. The summed E-state index contributed by atoms with van der Waals surface area (Å²) in [6.45, 7) is 0. The first-order valence-corrected chi connectivity index (χ1v) is 5.18. The number of carbonyl (C=O) groups is 1. The van der Waals surface area contributed by atoms with E-state index in [4.69, 9.17) is 9.52 Å². The number of benzene rings is 1. The van der Waals surface area contributed by atoms with Crippen molar-refractivity contribution in [2.45, 2.75) is 0 Å². The van der Waals surface area contributed by atoms with E-state index in [1.165, 1.54) is 12.1 Å². The van der Waals surface area contributed by atoms with Gasteiger partial charge in [0.15, 0.2) is 0 Å². The van der Waals surface area contributed by atoms with Crippen LogP contribution in [0.15, 0.2) is 58.3 Å². The summed E-state index contributed by atoms with van der Waals surface area (Å²) in [7, 11) is 0. The van der Waals surface area contributed by atoms with Gasteiger partial charge in [-0.25, -0.2) is 28.3 Å². The van der Waals surface area contributed by atoms with Crippen LogP contribution in [-0.2, 0) is 0 Å². The lowest BCUT2D eigenvalue weighted by atomic mass is 10.1. The average Bonchev–Trinajstić information content (AvgIpc) is 2.41. The second kappa shape index (κ2) is 5.22. The van der Waals surface area contributed by atoms with E-state index in [1.54, 1.807) is 0 Å². The Kier molecular flexibility index (Phi) is 3.47. The highest BCUT2D eigenvalue weighted by atomic mass is 17.0. The number of fused-ring (bicyclic) bond motifs is 1. The third-order valence-electron chi connectivity index (χ3n) is 2.23. The molecule has 0 bridgehead atoms. The van der Waals surface area contributed by atoms with Gasteiger partial charge in [-0.05, 0) is 12.1 Å². The van der Waals surface area contributed by atoms with Crippen LogP contribution in [0.3, 0.4) is 0 Å². The Labute approximate surface area is 108 Å². The number of hydrogen-bond donors (Lipinski definition) is 1. The molecule has 0 aliphatic heterocycles. The molecule has 1 aromatic carbocycles. The fourth-order valence-electron chi connectivity index (χ4n) is 1.43. The van der Waals surface area contributed by atoms with Crippen molar-refractivity contribution >= 4 is 16.9 Å². The van der Waals surface area contributed by atoms with Crippen LogP contribution in [0.5, 0.6) is 0 Å². The van der Waals surface area contributed by atoms with E-state index in [0.29, 0.717) is 6.07 Å². The highest BCUT2D eigenvalue weighted by Gasteiger charge is 2.13. The fourth-order valence-corrected chi connectivity index (χ4v) is 1.43. The van der Waals surface area contributed by atoms with Gasteiger partial charge in [-0.15, -0.1) is 0 Å². The Morgan fingerprint density at radius 1 is 0.950 bits per heavy atom. The monoisotopic (exact) mass is 278 g/mol. The molecule has 20 heavy (non-hydrogen) atoms. The first-order valence-electron chi connectivity index (χ1n) is 5.18. The van der Waals surface area contributed by atoms with Crippen molar-refractivity contribution in [3.8, 4) is 0 Å². The van der Waals surface area contributed by atoms with E-state index in [2.05, 4.69) is 9.15 Å². The zero-order valence-corrected chi connectivity index (χ0v) is 9.69. The summed E-state index contributed by atoms with van der Waals surface area (Å²) in [6, 6.07) is 5.04. The Balaban J connectivity index is 3.16. The van der Waals surface area contributed by atoms with Gasteiger partial charge in [0, 0.05) is 12.1 Å². The van der Waals surface area contributed by atoms with Gasteiger partial charge in [0.1, 0.15) is 11.0 Å². The SMILES string of the molecule is O=C(O)c1cccc2oc(=O)ccc(=O)ooc(=O)c12. The van der Waals surface area contributed by atoms with Crippen molar-refractivity contribution in [2.75, 3.05) is 0 Å². The number of hydrogen-bond acceptors (Lipinski definition) is 7. The van der Waals surface area contributed by atoms with Gasteiger partial charge in [0.05, 0.1) is 5.56 Å². The molecule has 0 saturated carbocycles. The molecule has 0 unspecified atom stereocenters. The van der Waals surface area contributed by atoms with Crippen LogP contribution in [0.1, 0.15) is 10.4 Å². The lowest BCUT2D eigenvalue weighted by Crippen LogP contribution is -2.08. The first kappa shape index (κ1) is 13.3. The molecule has 0 fully saturated rings. The van der Waals surface area contributed by atoms with Gasteiger partial charge in [-0.1, -0.05) is 6.07 Å². The quantitative estimate of drug-likeness (QED) is 0.747. The van der Waals surface area contributed by atoms with Gasteiger partial charge in [0.25, 0.3) is 0 Å². The number of carboxylic acids is 1. The second-order valence-corrected chi connectivity index (χ2v) is 3.51. The molecule has 8 heteroatoms. The molecule has 0 saturated heterocycles. The van der Waals surface area contributed by atoms with Gasteiger partial charge in [0.2, 0.25) is 0 Å². The summed E-state index contributed by atoms with van der Waals surface area (Å²) < 4.78 is 13.1. The van der Waals surface area contributed by atoms with Gasteiger partial charge in [-0.3, -0.25) is 0 Å². The van der Waals surface area contributed by atoms with Crippen LogP contribution in [0.2, 0.25) is 0 Å². The molecule has 1 N–H and O–H groups in total. The van der Waals surface area contributed by atoms with Crippen LogP contribution < -0.4 is 16.9 Å². The smallest absolute Gasteiger partial charge is 0.390 e. The normalized spacial score (nSPS) is 10.0. The van der Waals surface area contributed by atoms with E-state index in [1.807, 2.05) is 0 Å². The summed E-state index contributed by atoms with van der Waals surface area (Å²) in [6.07, 6.45) is 0. The van der Waals surface area contributed by atoms with Crippen molar-refractivity contribution in [3.63, 3.8) is 0 Å². The highest BCUT2D eigenvalue weighted by Crippen LogP contribution is 2.12. The maximum Gasteiger partial charge on any atom is 0.390 e. The minimum Gasteiger partial charge on any atom is -0.478 e. The number of aromatic carboxylic acids is 1. The van der Waals surface area contributed by atoms with Gasteiger partial charge >= 0.3 is 22.8 Å². The molecule has 0 atom stereocenters. The lowest BCUT2D eigenvalue weighted by molar-refractivity contribution is 0.0223. The molecule has 0 radical (unpaired) electrons. The molecule has 2 aromatic rings. The minimum absolute atomic E-state index is 0.317. The van der Waals surface area contributed by atoms with Crippen LogP contribution in [0.4, 0.5) is 0 Å². The summed E-state index contributed by atoms with van der Waals surface area (Å²) in [4.78, 5) is 45.2. The molecule has 0 amide bonds. The van der Waals surface area contributed by atoms with Crippen LogP contribution in [-0.4, -0.2) is 11.1 Å². The van der Waals surface area contributed by atoms with Crippen molar-refractivity contribution in [1.29, 1.82) is 0 Å². The van der Waals surface area contributed by atoms with E-state index in [-0.39, 0.29) is 5.58 Å². The molecule has 1 heterocycles. The predicted molar refractivity (Wildman–Crippen MR) is 64.1 cm³/mol. The Morgan fingerprint density at radius 3 is 2.35 bits per heavy atom. The Hall–Kier alpha value is -3.16. The Bertz CT molecular complexity index is 897. The van der Waals surface area contributed by atoms with Gasteiger partial charge in [-0.2, -0.15) is 0 Å². The average molecular weight is 278 g/mol. The molecule has 8 nitrogen and oxygen atoms in total. The number of carboxylic acid groups (broad SMARTS) is 1. The van der Waals surface area contributed by atoms with E-state index < -0.39 is 33.8 Å². The topological polar surface area (TPSA) is 128 Å². The van der Waals surface area contributed by atoms with Crippen LogP contribution in [0, 0.1) is 0 Å². The second-order valence-electron chi connectivity index (χ2n) is 3.51. The molecular weight excluding hydrogens is 272 g/mol. The number of rotatable bonds is 1. The molecular formula is C12H6O8. The van der Waals surface area contributed by atoms with Crippen LogP contribution >= 0.6 is 0 Å². The van der Waals surface area contributed by atoms with Crippen molar-refractivity contribution in [1.82, 2.24) is 0 Å². The lowest BCUT2D eigenvalue weighted by Gasteiger charge is -1.95.